The third kappa shape index (κ3) is 7.28. The summed E-state index contributed by atoms with van der Waals surface area (Å²) in [6.07, 6.45) is 0. The second-order valence-corrected chi connectivity index (χ2v) is 13.6. The van der Waals surface area contributed by atoms with E-state index in [0.29, 0.717) is 5.69 Å². The van der Waals surface area contributed by atoms with E-state index in [0.717, 1.165) is 66.0 Å². The van der Waals surface area contributed by atoms with Crippen molar-refractivity contribution in [2.24, 2.45) is 0 Å². The van der Waals surface area contributed by atoms with E-state index in [9.17, 15) is 5.11 Å². The molecule has 0 saturated carbocycles. The molecule has 12 aromatic rings. The van der Waals surface area contributed by atoms with Crippen LogP contribution in [0.4, 0.5) is 0 Å². The molecule has 0 N–H and O–H groups in total. The Balaban J connectivity index is 0.000000113. The zero-order valence-electron chi connectivity index (χ0n) is 31.2. The molecule has 0 bridgehead atoms. The van der Waals surface area contributed by atoms with Gasteiger partial charge in [0, 0.05) is 36.3 Å². The first-order chi connectivity index (χ1) is 28.7. The van der Waals surface area contributed by atoms with Crippen LogP contribution in [-0.2, 0) is 20.1 Å². The predicted molar refractivity (Wildman–Crippen MR) is 229 cm³/mol. The summed E-state index contributed by atoms with van der Waals surface area (Å²) in [6.45, 7) is 0. The van der Waals surface area contributed by atoms with Crippen molar-refractivity contribution in [3.05, 3.63) is 194 Å². The van der Waals surface area contributed by atoms with Gasteiger partial charge in [0.05, 0.1) is 17.1 Å². The molecule has 0 saturated heterocycles. The van der Waals surface area contributed by atoms with E-state index in [2.05, 4.69) is 67.0 Å². The molecule has 12 rings (SSSR count). The largest absolute Gasteiger partial charge is 0.871 e. The Labute approximate surface area is 350 Å². The maximum absolute atomic E-state index is 12.2. The van der Waals surface area contributed by atoms with Gasteiger partial charge in [0.25, 0.3) is 0 Å². The second kappa shape index (κ2) is 16.1. The standard InChI is InChI=1S/C16H11N3O.2C16H11N3.Ir/c20-15-10-9-11-5-1-2-6-12(11)16(15)19-17-13-7-3-4-8-14(13)18-19;2*1-2-8-13-12(6-1)7-5-11-16(13)19-17-14-9-3-4-10-15(14)18-19;/h1-10,20H;2*1-11H;/p-1. The fourth-order valence-electron chi connectivity index (χ4n) is 7.10. The van der Waals surface area contributed by atoms with E-state index in [4.69, 9.17) is 0 Å². The van der Waals surface area contributed by atoms with Crippen LogP contribution >= 0.6 is 0 Å². The summed E-state index contributed by atoms with van der Waals surface area (Å²) in [5, 5.41) is 45.7. The zero-order chi connectivity index (χ0) is 38.8. The monoisotopic (exact) mass is 943 g/mol. The van der Waals surface area contributed by atoms with Crippen molar-refractivity contribution < 1.29 is 25.2 Å². The zero-order valence-corrected chi connectivity index (χ0v) is 33.6. The summed E-state index contributed by atoms with van der Waals surface area (Å²) < 4.78 is 0. The molecule has 3 heterocycles. The summed E-state index contributed by atoms with van der Waals surface area (Å²) in [4.78, 5) is 4.87. The van der Waals surface area contributed by atoms with Crippen LogP contribution in [0.5, 0.6) is 5.75 Å². The summed E-state index contributed by atoms with van der Waals surface area (Å²) in [5.41, 5.74) is 7.72. The number of nitrogens with zero attached hydrogens (tertiary/aromatic N) is 9. The average Bonchev–Trinajstić information content (AvgIpc) is 4.03. The summed E-state index contributed by atoms with van der Waals surface area (Å²) in [6, 6.07) is 63.4. The number of hydrogen-bond donors (Lipinski definition) is 0. The summed E-state index contributed by atoms with van der Waals surface area (Å²) >= 11 is 0. The molecule has 9 aromatic carbocycles. The number of rotatable bonds is 3. The molecule has 59 heavy (non-hydrogen) atoms. The molecule has 11 heteroatoms. The van der Waals surface area contributed by atoms with Crippen molar-refractivity contribution in [2.45, 2.75) is 0 Å². The van der Waals surface area contributed by atoms with E-state index < -0.39 is 0 Å². The van der Waals surface area contributed by atoms with Gasteiger partial charge in [-0.15, -0.1) is 40.2 Å². The van der Waals surface area contributed by atoms with E-state index in [1.165, 1.54) is 15.6 Å². The quantitative estimate of drug-likeness (QED) is 0.173. The van der Waals surface area contributed by atoms with Crippen molar-refractivity contribution in [1.82, 2.24) is 45.0 Å². The van der Waals surface area contributed by atoms with Crippen LogP contribution in [0.1, 0.15) is 0 Å². The van der Waals surface area contributed by atoms with Gasteiger partial charge in [-0.05, 0) is 64.7 Å². The maximum atomic E-state index is 12.2. The number of aromatic nitrogens is 9. The van der Waals surface area contributed by atoms with E-state index in [-0.39, 0.29) is 25.9 Å². The topological polar surface area (TPSA) is 115 Å². The van der Waals surface area contributed by atoms with Gasteiger partial charge < -0.3 is 5.11 Å². The van der Waals surface area contributed by atoms with E-state index in [1.54, 1.807) is 15.7 Å². The van der Waals surface area contributed by atoms with Crippen molar-refractivity contribution in [3.63, 3.8) is 0 Å². The van der Waals surface area contributed by atoms with Gasteiger partial charge in [0.1, 0.15) is 33.1 Å². The SMILES string of the molecule is [Ir].[O-]c1ccc2ccccc2c1-n1nc2ccccc2n1.c1ccc2c(-n3nc4ccccc4n3)cccc2c1.c1ccc2c(-n3nc4ccccc4n3)cccc2c1. The van der Waals surface area contributed by atoms with Crippen LogP contribution < -0.4 is 5.11 Å². The first-order valence-corrected chi connectivity index (χ1v) is 18.8. The Kier molecular flexibility index (Phi) is 10.1. The molecule has 1 radical (unpaired) electrons. The predicted octanol–water partition coefficient (Wildman–Crippen LogP) is 9.79. The number of benzene rings is 9. The second-order valence-electron chi connectivity index (χ2n) is 13.6. The fourth-order valence-corrected chi connectivity index (χ4v) is 7.10. The molecule has 10 nitrogen and oxygen atoms in total. The normalized spacial score (nSPS) is 11.0. The summed E-state index contributed by atoms with van der Waals surface area (Å²) in [7, 11) is 0. The number of hydrogen-bond acceptors (Lipinski definition) is 7. The molecule has 0 aliphatic rings. The molecule has 3 aromatic heterocycles. The third-order valence-corrected chi connectivity index (χ3v) is 9.89. The molecule has 0 aliphatic heterocycles. The molecule has 0 unspecified atom stereocenters. The van der Waals surface area contributed by atoms with Gasteiger partial charge in [0.15, 0.2) is 0 Å². The average molecular weight is 943 g/mol. The van der Waals surface area contributed by atoms with Gasteiger partial charge in [-0.25, -0.2) is 0 Å². The van der Waals surface area contributed by atoms with Crippen LogP contribution in [-0.4, -0.2) is 45.0 Å². The van der Waals surface area contributed by atoms with Crippen LogP contribution in [0.25, 0.3) is 82.5 Å². The smallest absolute Gasteiger partial charge is 0.113 e. The molecule has 285 valence electrons. The van der Waals surface area contributed by atoms with Crippen molar-refractivity contribution in [2.75, 3.05) is 0 Å². The molecule has 0 amide bonds. The Morgan fingerprint density at radius 2 is 0.593 bits per heavy atom. The van der Waals surface area contributed by atoms with Crippen molar-refractivity contribution >= 4 is 65.4 Å². The third-order valence-electron chi connectivity index (χ3n) is 9.89. The Hall–Kier alpha value is -7.59. The van der Waals surface area contributed by atoms with Gasteiger partial charge in [-0.3, -0.25) is 0 Å². The fraction of sp³-hybridized carbons (Fsp3) is 0. The minimum atomic E-state index is -0.0796. The Bertz CT molecular complexity index is 3150. The van der Waals surface area contributed by atoms with Crippen LogP contribution in [0.2, 0.25) is 0 Å². The van der Waals surface area contributed by atoms with E-state index >= 15 is 0 Å². The summed E-state index contributed by atoms with van der Waals surface area (Å²) in [5.74, 6) is -0.0796. The Morgan fingerprint density at radius 3 is 1.00 bits per heavy atom. The molecule has 0 atom stereocenters. The van der Waals surface area contributed by atoms with Crippen molar-refractivity contribution in [1.29, 1.82) is 0 Å². The van der Waals surface area contributed by atoms with Crippen LogP contribution in [0.15, 0.2) is 194 Å². The molecule has 0 fully saturated rings. The molecule has 0 aliphatic carbocycles. The number of fused-ring (bicyclic) bond motifs is 6. The van der Waals surface area contributed by atoms with Gasteiger partial charge >= 0.3 is 0 Å². The minimum Gasteiger partial charge on any atom is -0.871 e. The van der Waals surface area contributed by atoms with Gasteiger partial charge in [-0.2, -0.15) is 4.80 Å². The first kappa shape index (κ1) is 37.0. The van der Waals surface area contributed by atoms with Crippen LogP contribution in [0, 0.1) is 0 Å². The Morgan fingerprint density at radius 1 is 0.288 bits per heavy atom. The molecular weight excluding hydrogens is 911 g/mol. The van der Waals surface area contributed by atoms with Gasteiger partial charge in [0.2, 0.25) is 0 Å². The van der Waals surface area contributed by atoms with Crippen molar-refractivity contribution in [3.8, 4) is 22.8 Å². The molecule has 0 spiro atoms. The van der Waals surface area contributed by atoms with E-state index in [1.807, 2.05) is 152 Å². The van der Waals surface area contributed by atoms with Crippen LogP contribution in [0.3, 0.4) is 0 Å². The molecular formula is C48H32IrN9O-. The minimum absolute atomic E-state index is 0. The van der Waals surface area contributed by atoms with Gasteiger partial charge in [-0.1, -0.05) is 151 Å². The maximum Gasteiger partial charge on any atom is 0.113 e. The first-order valence-electron chi connectivity index (χ1n) is 18.8.